The summed E-state index contributed by atoms with van der Waals surface area (Å²) < 4.78 is 19.2. The number of carbonyl (C=O) groups excluding carboxylic acids is 1. The van der Waals surface area contributed by atoms with Crippen molar-refractivity contribution in [3.63, 3.8) is 0 Å². The number of nitrogens with zero attached hydrogens (tertiary/aromatic N) is 2. The molecular formula is C31H27ClFN3O2. The van der Waals surface area contributed by atoms with Crippen LogP contribution in [-0.4, -0.2) is 5.78 Å². The molecule has 2 aliphatic rings. The number of hydrogen-bond acceptors (Lipinski definition) is 5. The molecule has 1 aliphatic heterocycles. The molecule has 0 saturated carbocycles. The van der Waals surface area contributed by atoms with Crippen molar-refractivity contribution in [2.45, 2.75) is 45.6 Å². The van der Waals surface area contributed by atoms with Gasteiger partial charge in [0.15, 0.2) is 5.78 Å². The summed E-state index contributed by atoms with van der Waals surface area (Å²) in [5, 5.41) is 10.9. The standard InChI is InChI=1S/C31H27ClFN3O2/c1-18-14-19(2)25(15-20(18)17-38-24-12-8-22(33)9-13-24)29-26(16-34)31(35)36(23-10-6-21(32)7-11-23)27-4-3-5-28(37)30(27)29/h6-15,29H,3-5,17,35H2,1-2H3. The van der Waals surface area contributed by atoms with Gasteiger partial charge in [-0.2, -0.15) is 5.26 Å². The fourth-order valence-electron chi connectivity index (χ4n) is 5.36. The van der Waals surface area contributed by atoms with Crippen LogP contribution in [0.15, 0.2) is 83.3 Å². The van der Waals surface area contributed by atoms with Crippen molar-refractivity contribution in [3.8, 4) is 11.8 Å². The first-order valence-corrected chi connectivity index (χ1v) is 12.9. The van der Waals surface area contributed by atoms with Crippen LogP contribution in [0.2, 0.25) is 5.02 Å². The Hall–Kier alpha value is -4.08. The van der Waals surface area contributed by atoms with E-state index in [2.05, 4.69) is 6.07 Å². The predicted octanol–water partition coefficient (Wildman–Crippen LogP) is 6.98. The highest BCUT2D eigenvalue weighted by atomic mass is 35.5. The lowest BCUT2D eigenvalue weighted by atomic mass is 9.74. The molecule has 0 bridgehead atoms. The number of carbonyl (C=O) groups is 1. The van der Waals surface area contributed by atoms with Crippen molar-refractivity contribution >= 4 is 23.1 Å². The van der Waals surface area contributed by atoms with Gasteiger partial charge in [-0.3, -0.25) is 9.69 Å². The summed E-state index contributed by atoms with van der Waals surface area (Å²) in [6.45, 7) is 4.24. The number of nitriles is 1. The SMILES string of the molecule is Cc1cc(C)c(C2C(C#N)=C(N)N(c3ccc(Cl)cc3)C3=C2C(=O)CCC3)cc1COc1ccc(F)cc1. The number of allylic oxidation sites excluding steroid dienone is 3. The maximum atomic E-state index is 13.5. The van der Waals surface area contributed by atoms with Crippen LogP contribution in [-0.2, 0) is 11.4 Å². The molecule has 0 radical (unpaired) electrons. The molecule has 3 aromatic rings. The quantitative estimate of drug-likeness (QED) is 0.387. The van der Waals surface area contributed by atoms with Crippen LogP contribution >= 0.6 is 11.6 Å². The van der Waals surface area contributed by atoms with Crippen LogP contribution in [0, 0.1) is 31.0 Å². The smallest absolute Gasteiger partial charge is 0.161 e. The second-order valence-corrected chi connectivity index (χ2v) is 10.1. The summed E-state index contributed by atoms with van der Waals surface area (Å²) in [4.78, 5) is 15.3. The van der Waals surface area contributed by atoms with Gasteiger partial charge in [0.05, 0.1) is 17.6 Å². The number of Topliss-reactive ketones (excluding diaryl/α,β-unsaturated/α-hetero) is 1. The van der Waals surface area contributed by atoms with Gasteiger partial charge in [-0.05, 0) is 97.5 Å². The van der Waals surface area contributed by atoms with Gasteiger partial charge >= 0.3 is 0 Å². The Kier molecular flexibility index (Phi) is 6.96. The van der Waals surface area contributed by atoms with E-state index in [0.717, 1.165) is 33.6 Å². The van der Waals surface area contributed by atoms with Gasteiger partial charge in [-0.25, -0.2) is 4.39 Å². The van der Waals surface area contributed by atoms with Crippen LogP contribution < -0.4 is 15.4 Å². The average molecular weight is 528 g/mol. The largest absolute Gasteiger partial charge is 0.489 e. The van der Waals surface area contributed by atoms with Crippen molar-refractivity contribution in [2.75, 3.05) is 4.90 Å². The minimum absolute atomic E-state index is 0.0274. The molecule has 1 aliphatic carbocycles. The van der Waals surface area contributed by atoms with E-state index in [4.69, 9.17) is 22.1 Å². The fourth-order valence-corrected chi connectivity index (χ4v) is 5.48. The van der Waals surface area contributed by atoms with Crippen molar-refractivity contribution in [3.05, 3.63) is 116 Å². The van der Waals surface area contributed by atoms with E-state index >= 15 is 0 Å². The van der Waals surface area contributed by atoms with Crippen LogP contribution in [0.4, 0.5) is 10.1 Å². The first-order valence-electron chi connectivity index (χ1n) is 12.5. The highest BCUT2D eigenvalue weighted by molar-refractivity contribution is 6.30. The lowest BCUT2D eigenvalue weighted by Gasteiger charge is -2.40. The number of ketones is 1. The Morgan fingerprint density at radius 3 is 2.47 bits per heavy atom. The van der Waals surface area contributed by atoms with Crippen LogP contribution in [0.5, 0.6) is 5.75 Å². The highest BCUT2D eigenvalue weighted by Crippen LogP contribution is 2.47. The number of halogens is 2. The van der Waals surface area contributed by atoms with Crippen molar-refractivity contribution < 1.29 is 13.9 Å². The summed E-state index contributed by atoms with van der Waals surface area (Å²) in [7, 11) is 0. The summed E-state index contributed by atoms with van der Waals surface area (Å²) in [6, 6.07) is 19.5. The molecule has 0 saturated heterocycles. The minimum atomic E-state index is -0.573. The van der Waals surface area contributed by atoms with Gasteiger partial charge < -0.3 is 10.5 Å². The van der Waals surface area contributed by atoms with Gasteiger partial charge in [0.1, 0.15) is 24.0 Å². The first-order chi connectivity index (χ1) is 18.3. The van der Waals surface area contributed by atoms with E-state index in [0.29, 0.717) is 47.0 Å². The monoisotopic (exact) mass is 527 g/mol. The molecule has 38 heavy (non-hydrogen) atoms. The maximum absolute atomic E-state index is 13.5. The number of ether oxygens (including phenoxy) is 1. The van der Waals surface area contributed by atoms with Crippen molar-refractivity contribution in [1.29, 1.82) is 5.26 Å². The number of nitrogens with two attached hydrogens (primary N) is 1. The third-order valence-electron chi connectivity index (χ3n) is 7.24. The number of hydrogen-bond donors (Lipinski definition) is 1. The van der Waals surface area contributed by atoms with E-state index in [1.807, 2.05) is 43.0 Å². The normalized spacial score (nSPS) is 17.4. The molecule has 0 fully saturated rings. The van der Waals surface area contributed by atoms with Gasteiger partial charge in [0.2, 0.25) is 0 Å². The molecule has 3 aromatic carbocycles. The Labute approximate surface area is 226 Å². The summed E-state index contributed by atoms with van der Waals surface area (Å²) in [6.07, 6.45) is 1.81. The van der Waals surface area contributed by atoms with Crippen molar-refractivity contribution in [2.24, 2.45) is 5.73 Å². The molecule has 2 N–H and O–H groups in total. The number of benzene rings is 3. The molecule has 1 heterocycles. The first kappa shape index (κ1) is 25.6. The van der Waals surface area contributed by atoms with Gasteiger partial charge in [-0.15, -0.1) is 0 Å². The average Bonchev–Trinajstić information content (AvgIpc) is 2.90. The molecular weight excluding hydrogens is 501 g/mol. The van der Waals surface area contributed by atoms with E-state index in [-0.39, 0.29) is 18.2 Å². The number of anilines is 1. The van der Waals surface area contributed by atoms with Crippen molar-refractivity contribution in [1.82, 2.24) is 0 Å². The molecule has 192 valence electrons. The molecule has 1 unspecified atom stereocenters. The molecule has 5 rings (SSSR count). The lowest BCUT2D eigenvalue weighted by molar-refractivity contribution is -0.116. The lowest BCUT2D eigenvalue weighted by Crippen LogP contribution is -2.38. The number of rotatable bonds is 5. The van der Waals surface area contributed by atoms with Gasteiger partial charge in [-0.1, -0.05) is 23.7 Å². The Morgan fingerprint density at radius 2 is 1.79 bits per heavy atom. The van der Waals surface area contributed by atoms with Crippen LogP contribution in [0.25, 0.3) is 0 Å². The zero-order valence-corrected chi connectivity index (χ0v) is 22.0. The molecule has 0 aromatic heterocycles. The summed E-state index contributed by atoms with van der Waals surface area (Å²) >= 11 is 6.12. The fraction of sp³-hybridized carbons (Fsp3) is 0.226. The highest BCUT2D eigenvalue weighted by Gasteiger charge is 2.41. The molecule has 0 spiro atoms. The summed E-state index contributed by atoms with van der Waals surface area (Å²) in [5.74, 6) is -0.00216. The van der Waals surface area contributed by atoms with E-state index in [1.54, 1.807) is 24.3 Å². The predicted molar refractivity (Wildman–Crippen MR) is 146 cm³/mol. The Balaban J connectivity index is 1.61. The van der Waals surface area contributed by atoms with E-state index in [1.165, 1.54) is 12.1 Å². The Bertz CT molecular complexity index is 1520. The molecule has 1 atom stereocenters. The molecule has 0 amide bonds. The van der Waals surface area contributed by atoms with Crippen LogP contribution in [0.3, 0.4) is 0 Å². The summed E-state index contributed by atoms with van der Waals surface area (Å²) in [5.41, 5.74) is 13.0. The maximum Gasteiger partial charge on any atom is 0.161 e. The van der Waals surface area contributed by atoms with Crippen LogP contribution in [0.1, 0.15) is 47.4 Å². The van der Waals surface area contributed by atoms with E-state index in [9.17, 15) is 14.4 Å². The third kappa shape index (κ3) is 4.66. The van der Waals surface area contributed by atoms with Gasteiger partial charge in [0, 0.05) is 28.4 Å². The number of aryl methyl sites for hydroxylation is 2. The topological polar surface area (TPSA) is 79.4 Å². The molecule has 5 nitrogen and oxygen atoms in total. The van der Waals surface area contributed by atoms with E-state index < -0.39 is 5.92 Å². The third-order valence-corrected chi connectivity index (χ3v) is 7.49. The Morgan fingerprint density at radius 1 is 1.08 bits per heavy atom. The van der Waals surface area contributed by atoms with Gasteiger partial charge in [0.25, 0.3) is 0 Å². The minimum Gasteiger partial charge on any atom is -0.489 e. The zero-order chi connectivity index (χ0) is 27.0. The zero-order valence-electron chi connectivity index (χ0n) is 21.2. The second kappa shape index (κ2) is 10.4. The second-order valence-electron chi connectivity index (χ2n) is 9.67. The molecule has 7 heteroatoms.